The zero-order valence-electron chi connectivity index (χ0n) is 18.2. The van der Waals surface area contributed by atoms with Crippen molar-refractivity contribution in [2.75, 3.05) is 0 Å². The number of benzene rings is 3. The lowest BCUT2D eigenvalue weighted by atomic mass is 9.89. The first kappa shape index (κ1) is 18.2. The molecule has 0 N–H and O–H groups in total. The molecule has 0 nitrogen and oxygen atoms in total. The Bertz CT molecular complexity index is 1460. The van der Waals surface area contributed by atoms with Gasteiger partial charge in [-0.1, -0.05) is 97.1 Å². The topological polar surface area (TPSA) is 0 Å². The third kappa shape index (κ3) is 2.62. The van der Waals surface area contributed by atoms with Crippen LogP contribution in [-0.4, -0.2) is 0 Å². The molecule has 0 spiro atoms. The van der Waals surface area contributed by atoms with E-state index in [9.17, 15) is 0 Å². The number of hydrogen-bond donors (Lipinski definition) is 0. The summed E-state index contributed by atoms with van der Waals surface area (Å²) >= 11 is 0. The maximum absolute atomic E-state index is 2.56. The van der Waals surface area contributed by atoms with Gasteiger partial charge in [0.15, 0.2) is 0 Å². The molecule has 0 radical (unpaired) electrons. The van der Waals surface area contributed by atoms with Gasteiger partial charge in [0.2, 0.25) is 0 Å². The Hall–Kier alpha value is -3.38. The summed E-state index contributed by atoms with van der Waals surface area (Å²) in [4.78, 5) is 0. The molecule has 0 saturated heterocycles. The minimum atomic E-state index is 0.513. The molecule has 0 fully saturated rings. The van der Waals surface area contributed by atoms with Crippen LogP contribution in [0.15, 0.2) is 72.8 Å². The molecule has 0 bridgehead atoms. The van der Waals surface area contributed by atoms with Crippen LogP contribution in [0.3, 0.4) is 0 Å². The largest absolute Gasteiger partial charge is 0.0801 e. The molecular weight excluding hydrogens is 384 g/mol. The highest BCUT2D eigenvalue weighted by Gasteiger charge is 2.28. The predicted molar refractivity (Wildman–Crippen MR) is 135 cm³/mol. The van der Waals surface area contributed by atoms with Crippen LogP contribution in [0, 0.1) is 5.92 Å². The van der Waals surface area contributed by atoms with Crippen molar-refractivity contribution in [2.45, 2.75) is 31.6 Å². The van der Waals surface area contributed by atoms with Crippen molar-refractivity contribution in [3.05, 3.63) is 116 Å². The van der Waals surface area contributed by atoms with Crippen LogP contribution in [0.25, 0.3) is 35.4 Å². The first-order chi connectivity index (χ1) is 15.9. The molecular formula is C32H26. The maximum atomic E-state index is 2.56. The Morgan fingerprint density at radius 1 is 0.594 bits per heavy atom. The summed E-state index contributed by atoms with van der Waals surface area (Å²) in [6.07, 6.45) is 23.4. The average molecular weight is 411 g/mol. The minimum absolute atomic E-state index is 0.513. The first-order valence-electron chi connectivity index (χ1n) is 12.0. The van der Waals surface area contributed by atoms with E-state index in [1.807, 2.05) is 0 Å². The zero-order valence-corrected chi connectivity index (χ0v) is 18.2. The van der Waals surface area contributed by atoms with Crippen LogP contribution in [-0.2, 0) is 12.8 Å². The molecule has 4 aliphatic rings. The fourth-order valence-electron chi connectivity index (χ4n) is 6.42. The van der Waals surface area contributed by atoms with E-state index in [0.717, 1.165) is 12.8 Å². The monoisotopic (exact) mass is 410 g/mol. The predicted octanol–water partition coefficient (Wildman–Crippen LogP) is 4.26. The van der Waals surface area contributed by atoms with E-state index < -0.39 is 0 Å². The van der Waals surface area contributed by atoms with Crippen LogP contribution in [0.1, 0.15) is 41.0 Å². The molecule has 3 aromatic carbocycles. The van der Waals surface area contributed by atoms with Gasteiger partial charge in [-0.3, -0.25) is 0 Å². The second-order valence-electron chi connectivity index (χ2n) is 9.51. The average Bonchev–Trinajstić information content (AvgIpc) is 3.43. The van der Waals surface area contributed by atoms with Crippen LogP contribution >= 0.6 is 0 Å². The van der Waals surface area contributed by atoms with Crippen molar-refractivity contribution in [3.8, 4) is 11.1 Å². The van der Waals surface area contributed by atoms with Crippen molar-refractivity contribution in [3.63, 3.8) is 0 Å². The molecule has 0 heteroatoms. The molecule has 4 aliphatic carbocycles. The highest BCUT2D eigenvalue weighted by molar-refractivity contribution is 5.78. The Morgan fingerprint density at radius 2 is 1.12 bits per heavy atom. The highest BCUT2D eigenvalue weighted by Crippen LogP contribution is 2.47. The van der Waals surface area contributed by atoms with E-state index in [1.54, 1.807) is 11.1 Å². The standard InChI is InChI=1S/C32H26/c1-3-13-26-22(9-1)23-10-2-4-14-27(23)30(26)18-17-21-19-31-28-15-7-5-11-24(28)25-12-6-8-16-29(25)32(31)20-21/h1-10,13-16,19-21,30H,11-12,17-18H2. The van der Waals surface area contributed by atoms with Gasteiger partial charge in [0.05, 0.1) is 0 Å². The Morgan fingerprint density at radius 3 is 1.69 bits per heavy atom. The molecule has 7 rings (SSSR count). The van der Waals surface area contributed by atoms with Gasteiger partial charge in [-0.25, -0.2) is 0 Å². The first-order valence-corrected chi connectivity index (χ1v) is 12.0. The van der Waals surface area contributed by atoms with E-state index in [2.05, 4.69) is 97.1 Å². The molecule has 32 heavy (non-hydrogen) atoms. The number of allylic oxidation sites excluding steroid dienone is 4. The SMILES string of the molecule is C1=CCc2c3c(c4c(c2=C1)=CC(CCC1c2ccccc2-c2ccccc21)C=4)=CC=CC3. The molecule has 154 valence electrons. The van der Waals surface area contributed by atoms with E-state index in [0.29, 0.717) is 11.8 Å². The molecule has 0 saturated carbocycles. The van der Waals surface area contributed by atoms with Gasteiger partial charge in [0.25, 0.3) is 0 Å². The summed E-state index contributed by atoms with van der Waals surface area (Å²) in [5.74, 6) is 1.03. The van der Waals surface area contributed by atoms with Gasteiger partial charge in [-0.15, -0.1) is 0 Å². The molecule has 0 aromatic heterocycles. The zero-order chi connectivity index (χ0) is 21.1. The molecule has 0 atom stereocenters. The van der Waals surface area contributed by atoms with Crippen LogP contribution < -0.4 is 20.9 Å². The second-order valence-corrected chi connectivity index (χ2v) is 9.51. The van der Waals surface area contributed by atoms with Crippen molar-refractivity contribution in [2.24, 2.45) is 5.92 Å². The Balaban J connectivity index is 1.29. The van der Waals surface area contributed by atoms with Crippen molar-refractivity contribution in [1.82, 2.24) is 0 Å². The van der Waals surface area contributed by atoms with Crippen LogP contribution in [0.5, 0.6) is 0 Å². The quantitative estimate of drug-likeness (QED) is 0.605. The molecule has 0 unspecified atom stereocenters. The minimum Gasteiger partial charge on any atom is -0.0801 e. The van der Waals surface area contributed by atoms with E-state index in [4.69, 9.17) is 0 Å². The smallest absolute Gasteiger partial charge is 0.0102 e. The van der Waals surface area contributed by atoms with E-state index >= 15 is 0 Å². The lowest BCUT2D eigenvalue weighted by Crippen LogP contribution is -2.51. The number of rotatable bonds is 3. The fraction of sp³-hybridized carbons (Fsp3) is 0.188. The highest BCUT2D eigenvalue weighted by atomic mass is 14.3. The van der Waals surface area contributed by atoms with Gasteiger partial charge in [-0.05, 0) is 85.9 Å². The van der Waals surface area contributed by atoms with Gasteiger partial charge in [0.1, 0.15) is 0 Å². The van der Waals surface area contributed by atoms with Crippen molar-refractivity contribution < 1.29 is 0 Å². The summed E-state index contributed by atoms with van der Waals surface area (Å²) < 4.78 is 0. The van der Waals surface area contributed by atoms with E-state index in [1.165, 1.54) is 56.0 Å². The van der Waals surface area contributed by atoms with Gasteiger partial charge >= 0.3 is 0 Å². The molecule has 3 aromatic rings. The van der Waals surface area contributed by atoms with Crippen molar-refractivity contribution in [1.29, 1.82) is 0 Å². The molecule has 0 amide bonds. The van der Waals surface area contributed by atoms with Gasteiger partial charge in [-0.2, -0.15) is 0 Å². The summed E-state index contributed by atoms with van der Waals surface area (Å²) in [6.45, 7) is 0. The summed E-state index contributed by atoms with van der Waals surface area (Å²) in [6, 6.07) is 18.0. The summed E-state index contributed by atoms with van der Waals surface area (Å²) in [5, 5.41) is 5.90. The van der Waals surface area contributed by atoms with E-state index in [-0.39, 0.29) is 0 Å². The summed E-state index contributed by atoms with van der Waals surface area (Å²) in [7, 11) is 0. The third-order valence-electron chi connectivity index (χ3n) is 7.84. The number of fused-ring (bicyclic) bond motifs is 9. The lowest BCUT2D eigenvalue weighted by Gasteiger charge is -2.15. The van der Waals surface area contributed by atoms with Crippen LogP contribution in [0.2, 0.25) is 0 Å². The normalized spacial score (nSPS) is 17.2. The molecule has 0 aliphatic heterocycles. The van der Waals surface area contributed by atoms with Gasteiger partial charge in [0, 0.05) is 5.92 Å². The fourth-order valence-corrected chi connectivity index (χ4v) is 6.42. The number of hydrogen-bond acceptors (Lipinski definition) is 0. The van der Waals surface area contributed by atoms with Gasteiger partial charge < -0.3 is 0 Å². The molecule has 0 heterocycles. The second kappa shape index (κ2) is 7.07. The third-order valence-corrected chi connectivity index (χ3v) is 7.84. The Labute approximate surface area is 188 Å². The summed E-state index contributed by atoms with van der Waals surface area (Å²) in [5.41, 5.74) is 8.98. The lowest BCUT2D eigenvalue weighted by molar-refractivity contribution is 0.644. The van der Waals surface area contributed by atoms with Crippen molar-refractivity contribution >= 4 is 24.3 Å². The maximum Gasteiger partial charge on any atom is 0.0102 e. The van der Waals surface area contributed by atoms with Crippen LogP contribution in [0.4, 0.5) is 0 Å². The Kier molecular flexibility index (Phi) is 4.02.